The first-order chi connectivity index (χ1) is 16.5. The average molecular weight is 493 g/mol. The fourth-order valence-corrected chi connectivity index (χ4v) is 4.84. The molecule has 3 aromatic carbocycles. The second-order valence-corrected chi connectivity index (χ2v) is 9.67. The summed E-state index contributed by atoms with van der Waals surface area (Å²) in [6.07, 6.45) is 1.87. The number of likely N-dealkylation sites (tertiary alicyclic amines) is 1. The minimum atomic E-state index is -0.0569. The smallest absolute Gasteiger partial charge is 0.228 e. The van der Waals surface area contributed by atoms with Crippen molar-refractivity contribution in [3.63, 3.8) is 0 Å². The van der Waals surface area contributed by atoms with Crippen LogP contribution in [0.15, 0.2) is 72.8 Å². The van der Waals surface area contributed by atoms with Crippen molar-refractivity contribution in [2.45, 2.75) is 25.9 Å². The molecule has 174 valence electrons. The SMILES string of the molecule is O=C(Nc1ccc(Cl)cc1)[C@H]1CCCN(Cc2nc3ccccc3n2Cc2ccc(Cl)cc2)C1. The molecule has 1 amide bonds. The number of para-hydroxylation sites is 2. The van der Waals surface area contributed by atoms with Crippen LogP contribution in [-0.4, -0.2) is 33.4 Å². The van der Waals surface area contributed by atoms with Gasteiger partial charge in [-0.15, -0.1) is 0 Å². The van der Waals surface area contributed by atoms with Crippen LogP contribution in [-0.2, 0) is 17.9 Å². The van der Waals surface area contributed by atoms with E-state index in [9.17, 15) is 4.79 Å². The molecule has 1 atom stereocenters. The fourth-order valence-electron chi connectivity index (χ4n) is 4.59. The lowest BCUT2D eigenvalue weighted by atomic mass is 9.97. The van der Waals surface area contributed by atoms with Crippen LogP contribution in [0.3, 0.4) is 0 Å². The molecular formula is C27H26Cl2N4O. The Bertz CT molecular complexity index is 1280. The number of nitrogens with zero attached hydrogens (tertiary/aromatic N) is 3. The van der Waals surface area contributed by atoms with Crippen molar-refractivity contribution in [2.24, 2.45) is 5.92 Å². The maximum atomic E-state index is 12.9. The number of nitrogens with one attached hydrogen (secondary N) is 1. The van der Waals surface area contributed by atoms with Gasteiger partial charge in [0.05, 0.1) is 23.5 Å². The van der Waals surface area contributed by atoms with Gasteiger partial charge < -0.3 is 9.88 Å². The molecule has 1 fully saturated rings. The summed E-state index contributed by atoms with van der Waals surface area (Å²) >= 11 is 12.0. The predicted octanol–water partition coefficient (Wildman–Crippen LogP) is 6.24. The third-order valence-corrected chi connectivity index (χ3v) is 6.84. The number of carbonyl (C=O) groups is 1. The molecule has 0 aliphatic carbocycles. The maximum Gasteiger partial charge on any atom is 0.228 e. The van der Waals surface area contributed by atoms with Gasteiger partial charge in [-0.2, -0.15) is 0 Å². The number of carbonyl (C=O) groups excluding carboxylic acids is 1. The molecule has 7 heteroatoms. The maximum absolute atomic E-state index is 12.9. The molecular weight excluding hydrogens is 467 g/mol. The van der Waals surface area contributed by atoms with E-state index in [1.807, 2.05) is 36.4 Å². The van der Waals surface area contributed by atoms with Gasteiger partial charge in [0.15, 0.2) is 0 Å². The Labute approximate surface area is 209 Å². The number of hydrogen-bond acceptors (Lipinski definition) is 3. The molecule has 1 aromatic heterocycles. The van der Waals surface area contributed by atoms with E-state index >= 15 is 0 Å². The minimum absolute atomic E-state index is 0.0569. The van der Waals surface area contributed by atoms with Gasteiger partial charge in [0.25, 0.3) is 0 Å². The Morgan fingerprint density at radius 1 is 0.941 bits per heavy atom. The van der Waals surface area contributed by atoms with Crippen LogP contribution in [0, 0.1) is 5.92 Å². The summed E-state index contributed by atoms with van der Waals surface area (Å²) in [5.74, 6) is 1.01. The first-order valence-electron chi connectivity index (χ1n) is 11.5. The molecule has 1 aliphatic rings. The summed E-state index contributed by atoms with van der Waals surface area (Å²) < 4.78 is 2.27. The molecule has 1 saturated heterocycles. The highest BCUT2D eigenvalue weighted by Gasteiger charge is 2.27. The molecule has 34 heavy (non-hydrogen) atoms. The minimum Gasteiger partial charge on any atom is -0.326 e. The summed E-state index contributed by atoms with van der Waals surface area (Å²) in [4.78, 5) is 20.2. The molecule has 4 aromatic rings. The summed E-state index contributed by atoms with van der Waals surface area (Å²) in [5, 5.41) is 4.43. The van der Waals surface area contributed by atoms with Gasteiger partial charge in [-0.1, -0.05) is 47.5 Å². The van der Waals surface area contributed by atoms with Crippen LogP contribution in [0.2, 0.25) is 10.0 Å². The quantitative estimate of drug-likeness (QED) is 0.346. The van der Waals surface area contributed by atoms with Crippen LogP contribution >= 0.6 is 23.2 Å². The number of fused-ring (bicyclic) bond motifs is 1. The molecule has 1 N–H and O–H groups in total. The topological polar surface area (TPSA) is 50.2 Å². The average Bonchev–Trinajstić information content (AvgIpc) is 3.19. The molecule has 1 aliphatic heterocycles. The fraction of sp³-hybridized carbons (Fsp3) is 0.259. The summed E-state index contributed by atoms with van der Waals surface area (Å²) in [6, 6.07) is 23.4. The van der Waals surface area contributed by atoms with E-state index in [-0.39, 0.29) is 11.8 Å². The van der Waals surface area contributed by atoms with E-state index < -0.39 is 0 Å². The molecule has 0 unspecified atom stereocenters. The van der Waals surface area contributed by atoms with Crippen molar-refractivity contribution < 1.29 is 4.79 Å². The van der Waals surface area contributed by atoms with E-state index in [4.69, 9.17) is 28.2 Å². The van der Waals surface area contributed by atoms with E-state index in [0.717, 1.165) is 53.5 Å². The van der Waals surface area contributed by atoms with Gasteiger partial charge >= 0.3 is 0 Å². The normalized spacial score (nSPS) is 16.6. The number of imidazole rings is 1. The van der Waals surface area contributed by atoms with Crippen LogP contribution in [0.25, 0.3) is 11.0 Å². The van der Waals surface area contributed by atoms with Gasteiger partial charge in [0, 0.05) is 28.8 Å². The summed E-state index contributed by atoms with van der Waals surface area (Å²) in [7, 11) is 0. The Morgan fingerprint density at radius 2 is 1.65 bits per heavy atom. The highest BCUT2D eigenvalue weighted by atomic mass is 35.5. The predicted molar refractivity (Wildman–Crippen MR) is 138 cm³/mol. The zero-order valence-electron chi connectivity index (χ0n) is 18.8. The number of benzene rings is 3. The molecule has 5 nitrogen and oxygen atoms in total. The number of rotatable bonds is 6. The van der Waals surface area contributed by atoms with Crippen LogP contribution in [0.1, 0.15) is 24.2 Å². The van der Waals surface area contributed by atoms with Gasteiger partial charge in [-0.25, -0.2) is 4.98 Å². The third-order valence-electron chi connectivity index (χ3n) is 6.34. The van der Waals surface area contributed by atoms with E-state index in [2.05, 4.69) is 39.0 Å². The second kappa shape index (κ2) is 10.2. The Balaban J connectivity index is 1.32. The van der Waals surface area contributed by atoms with Crippen molar-refractivity contribution in [1.82, 2.24) is 14.5 Å². The highest BCUT2D eigenvalue weighted by Crippen LogP contribution is 2.24. The number of hydrogen-bond donors (Lipinski definition) is 1. The van der Waals surface area contributed by atoms with E-state index in [0.29, 0.717) is 18.1 Å². The first-order valence-corrected chi connectivity index (χ1v) is 12.3. The lowest BCUT2D eigenvalue weighted by Crippen LogP contribution is -2.40. The molecule has 2 heterocycles. The Kier molecular flexibility index (Phi) is 6.86. The molecule has 0 spiro atoms. The Hall–Kier alpha value is -2.86. The number of piperidine rings is 1. The lowest BCUT2D eigenvalue weighted by molar-refractivity contribution is -0.121. The second-order valence-electron chi connectivity index (χ2n) is 8.80. The number of anilines is 1. The van der Waals surface area contributed by atoms with Crippen LogP contribution in [0.4, 0.5) is 5.69 Å². The van der Waals surface area contributed by atoms with Gasteiger partial charge in [0.1, 0.15) is 5.82 Å². The van der Waals surface area contributed by atoms with Crippen molar-refractivity contribution in [3.8, 4) is 0 Å². The summed E-state index contributed by atoms with van der Waals surface area (Å²) in [5.41, 5.74) is 4.05. The number of aromatic nitrogens is 2. The van der Waals surface area contributed by atoms with Gasteiger partial charge in [-0.05, 0) is 73.5 Å². The lowest BCUT2D eigenvalue weighted by Gasteiger charge is -2.31. The number of amides is 1. The number of halogens is 2. The van der Waals surface area contributed by atoms with E-state index in [1.165, 1.54) is 5.56 Å². The molecule has 0 bridgehead atoms. The molecule has 0 saturated carbocycles. The van der Waals surface area contributed by atoms with Crippen LogP contribution in [0.5, 0.6) is 0 Å². The van der Waals surface area contributed by atoms with Crippen LogP contribution < -0.4 is 5.32 Å². The highest BCUT2D eigenvalue weighted by molar-refractivity contribution is 6.30. The van der Waals surface area contributed by atoms with Crippen molar-refractivity contribution in [1.29, 1.82) is 0 Å². The van der Waals surface area contributed by atoms with Crippen molar-refractivity contribution in [2.75, 3.05) is 18.4 Å². The molecule has 5 rings (SSSR count). The standard InChI is InChI=1S/C27H26Cl2N4O/c28-21-9-7-19(8-10-21)16-33-25-6-2-1-5-24(25)31-26(33)18-32-15-3-4-20(17-32)27(34)30-23-13-11-22(29)12-14-23/h1-2,5-14,20H,3-4,15-18H2,(H,30,34)/t20-/m0/s1. The monoisotopic (exact) mass is 492 g/mol. The van der Waals surface area contributed by atoms with Crippen molar-refractivity contribution >= 4 is 45.8 Å². The van der Waals surface area contributed by atoms with E-state index in [1.54, 1.807) is 12.1 Å². The molecule has 0 radical (unpaired) electrons. The first kappa shape index (κ1) is 22.9. The zero-order valence-corrected chi connectivity index (χ0v) is 20.3. The van der Waals surface area contributed by atoms with Crippen molar-refractivity contribution in [3.05, 3.63) is 94.2 Å². The van der Waals surface area contributed by atoms with Gasteiger partial charge in [0.2, 0.25) is 5.91 Å². The zero-order chi connectivity index (χ0) is 23.5. The van der Waals surface area contributed by atoms with Gasteiger partial charge in [-0.3, -0.25) is 9.69 Å². The summed E-state index contributed by atoms with van der Waals surface area (Å²) in [6.45, 7) is 3.09. The third kappa shape index (κ3) is 5.27. The largest absolute Gasteiger partial charge is 0.326 e. The Morgan fingerprint density at radius 3 is 2.41 bits per heavy atom.